The first-order chi connectivity index (χ1) is 11.1. The summed E-state index contributed by atoms with van der Waals surface area (Å²) in [6.45, 7) is 4.46. The summed E-state index contributed by atoms with van der Waals surface area (Å²) < 4.78 is 3.79. The van der Waals surface area contributed by atoms with Gasteiger partial charge in [-0.25, -0.2) is 9.78 Å². The molecule has 0 aliphatic heterocycles. The lowest BCUT2D eigenvalue weighted by Crippen LogP contribution is -2.43. The van der Waals surface area contributed by atoms with Crippen LogP contribution in [0.5, 0.6) is 0 Å². The normalized spacial score (nSPS) is 11.4. The van der Waals surface area contributed by atoms with E-state index in [1.54, 1.807) is 0 Å². The van der Waals surface area contributed by atoms with Crippen LogP contribution in [0.3, 0.4) is 0 Å². The van der Waals surface area contributed by atoms with E-state index in [0.29, 0.717) is 25.0 Å². The molecule has 0 fully saturated rings. The number of hydrogen-bond acceptors (Lipinski definition) is 5. The van der Waals surface area contributed by atoms with Gasteiger partial charge in [-0.2, -0.15) is 0 Å². The van der Waals surface area contributed by atoms with E-state index in [0.717, 1.165) is 4.57 Å². The van der Waals surface area contributed by atoms with Gasteiger partial charge in [-0.05, 0) is 12.8 Å². The fourth-order valence-electron chi connectivity index (χ4n) is 2.67. The molecule has 0 atom stereocenters. The van der Waals surface area contributed by atoms with Crippen molar-refractivity contribution in [1.82, 2.24) is 23.5 Å². The molecular weight excluding hydrogens is 298 g/mol. The largest absolute Gasteiger partial charge is 0.332 e. The van der Waals surface area contributed by atoms with Crippen LogP contribution in [0.15, 0.2) is 33.0 Å². The minimum Gasteiger partial charge on any atom is -0.277 e. The smallest absolute Gasteiger partial charge is 0.277 e. The maximum atomic E-state index is 12.7. The fourth-order valence-corrected chi connectivity index (χ4v) is 2.67. The Morgan fingerprint density at radius 3 is 2.39 bits per heavy atom. The fraction of sp³-hybridized carbons (Fsp3) is 0.400. The van der Waals surface area contributed by atoms with E-state index in [9.17, 15) is 14.4 Å². The van der Waals surface area contributed by atoms with E-state index >= 15 is 0 Å². The van der Waals surface area contributed by atoms with Gasteiger partial charge in [0.25, 0.3) is 11.1 Å². The third-order valence-electron chi connectivity index (χ3n) is 3.69. The van der Waals surface area contributed by atoms with Gasteiger partial charge in [-0.15, -0.1) is 0 Å². The zero-order valence-corrected chi connectivity index (χ0v) is 13.0. The van der Waals surface area contributed by atoms with E-state index in [-0.39, 0.29) is 17.6 Å². The molecule has 3 aromatic rings. The summed E-state index contributed by atoms with van der Waals surface area (Å²) in [5.41, 5.74) is -1.05. The van der Waals surface area contributed by atoms with E-state index in [4.69, 9.17) is 0 Å². The van der Waals surface area contributed by atoms with Crippen molar-refractivity contribution in [3.8, 4) is 0 Å². The van der Waals surface area contributed by atoms with Crippen LogP contribution < -0.4 is 16.8 Å². The van der Waals surface area contributed by atoms with Gasteiger partial charge in [0.1, 0.15) is 5.39 Å². The summed E-state index contributed by atoms with van der Waals surface area (Å²) in [7, 11) is 0. The van der Waals surface area contributed by atoms with Gasteiger partial charge in [0.05, 0.1) is 6.20 Å². The minimum absolute atomic E-state index is 0.0600. The first-order valence-electron chi connectivity index (χ1n) is 7.59. The van der Waals surface area contributed by atoms with Gasteiger partial charge < -0.3 is 0 Å². The third kappa shape index (κ3) is 2.26. The number of aryl methyl sites for hydroxylation is 1. The van der Waals surface area contributed by atoms with Crippen LogP contribution in [-0.4, -0.2) is 23.5 Å². The molecule has 0 unspecified atom stereocenters. The monoisotopic (exact) mass is 315 g/mol. The number of fused-ring (bicyclic) bond motifs is 2. The Balaban J connectivity index is 2.60. The minimum atomic E-state index is -0.581. The Kier molecular flexibility index (Phi) is 3.81. The quantitative estimate of drug-likeness (QED) is 0.649. The lowest BCUT2D eigenvalue weighted by atomic mass is 10.3. The lowest BCUT2D eigenvalue weighted by Gasteiger charge is -2.12. The molecule has 0 N–H and O–H groups in total. The van der Waals surface area contributed by atoms with Gasteiger partial charge in [0.15, 0.2) is 11.3 Å². The molecule has 23 heavy (non-hydrogen) atoms. The molecule has 8 nitrogen and oxygen atoms in total. The highest BCUT2D eigenvalue weighted by atomic mass is 16.2. The standard InChI is InChI=1S/C15H17N5O3/c1-3-6-19-12-11(14(22)20(7-4-2)15(19)23)13(21)18-8-5-16-9-10(18)17-12/h5,8-9H,3-4,6-7H2,1-2H3. The van der Waals surface area contributed by atoms with E-state index in [2.05, 4.69) is 9.97 Å². The summed E-state index contributed by atoms with van der Waals surface area (Å²) in [6.07, 6.45) is 5.66. The Bertz CT molecular complexity index is 1060. The molecule has 0 amide bonds. The Morgan fingerprint density at radius 1 is 1.00 bits per heavy atom. The average molecular weight is 315 g/mol. The van der Waals surface area contributed by atoms with Crippen LogP contribution >= 0.6 is 0 Å². The summed E-state index contributed by atoms with van der Waals surface area (Å²) >= 11 is 0. The highest BCUT2D eigenvalue weighted by molar-refractivity contribution is 5.75. The van der Waals surface area contributed by atoms with Crippen LogP contribution in [0.25, 0.3) is 16.7 Å². The molecule has 0 aliphatic carbocycles. The highest BCUT2D eigenvalue weighted by Gasteiger charge is 2.18. The van der Waals surface area contributed by atoms with Gasteiger partial charge >= 0.3 is 5.69 Å². The number of hydrogen-bond donors (Lipinski definition) is 0. The zero-order chi connectivity index (χ0) is 16.6. The Hall–Kier alpha value is -2.77. The number of aromatic nitrogens is 5. The number of rotatable bonds is 4. The predicted octanol–water partition coefficient (Wildman–Crippen LogP) is 0.386. The second-order valence-electron chi connectivity index (χ2n) is 5.31. The van der Waals surface area contributed by atoms with Crippen molar-refractivity contribution in [2.75, 3.05) is 0 Å². The predicted molar refractivity (Wildman–Crippen MR) is 85.9 cm³/mol. The van der Waals surface area contributed by atoms with Crippen LogP contribution in [0.1, 0.15) is 26.7 Å². The lowest BCUT2D eigenvalue weighted by molar-refractivity contribution is 0.554. The van der Waals surface area contributed by atoms with Crippen molar-refractivity contribution >= 4 is 16.7 Å². The van der Waals surface area contributed by atoms with Crippen molar-refractivity contribution in [1.29, 1.82) is 0 Å². The molecule has 3 rings (SSSR count). The Morgan fingerprint density at radius 2 is 1.70 bits per heavy atom. The molecule has 3 heterocycles. The second kappa shape index (κ2) is 5.79. The SMILES string of the molecule is CCCn1c(=O)c2c(=O)n3ccncc3nc2n(CCC)c1=O. The van der Waals surface area contributed by atoms with Crippen molar-refractivity contribution in [2.24, 2.45) is 0 Å². The Labute approximate surface area is 130 Å². The molecule has 0 radical (unpaired) electrons. The van der Waals surface area contributed by atoms with Crippen LogP contribution in [-0.2, 0) is 13.1 Å². The average Bonchev–Trinajstić information content (AvgIpc) is 2.55. The molecule has 0 saturated heterocycles. The van der Waals surface area contributed by atoms with Crippen molar-refractivity contribution < 1.29 is 0 Å². The molecule has 0 spiro atoms. The molecular formula is C15H17N5O3. The van der Waals surface area contributed by atoms with Crippen molar-refractivity contribution in [3.63, 3.8) is 0 Å². The molecule has 120 valence electrons. The van der Waals surface area contributed by atoms with Crippen molar-refractivity contribution in [2.45, 2.75) is 39.8 Å². The summed E-state index contributed by atoms with van der Waals surface area (Å²) in [5, 5.41) is -0.0600. The van der Waals surface area contributed by atoms with Gasteiger partial charge in [-0.3, -0.25) is 28.1 Å². The molecule has 3 aromatic heterocycles. The molecule has 0 aliphatic rings. The third-order valence-corrected chi connectivity index (χ3v) is 3.69. The van der Waals surface area contributed by atoms with Gasteiger partial charge in [-0.1, -0.05) is 13.8 Å². The maximum Gasteiger partial charge on any atom is 0.332 e. The van der Waals surface area contributed by atoms with Crippen LogP contribution in [0.2, 0.25) is 0 Å². The first-order valence-corrected chi connectivity index (χ1v) is 7.59. The molecule has 0 saturated carbocycles. The highest BCUT2D eigenvalue weighted by Crippen LogP contribution is 2.04. The summed E-state index contributed by atoms with van der Waals surface area (Å²) in [4.78, 5) is 46.2. The van der Waals surface area contributed by atoms with Crippen molar-refractivity contribution in [3.05, 3.63) is 49.8 Å². The van der Waals surface area contributed by atoms with E-state index in [1.807, 2.05) is 13.8 Å². The first kappa shape index (κ1) is 15.1. The zero-order valence-electron chi connectivity index (χ0n) is 13.0. The van der Waals surface area contributed by atoms with Gasteiger partial charge in [0.2, 0.25) is 0 Å². The summed E-state index contributed by atoms with van der Waals surface area (Å²) in [5.74, 6) is 0. The van der Waals surface area contributed by atoms with Crippen LogP contribution in [0, 0.1) is 0 Å². The second-order valence-corrected chi connectivity index (χ2v) is 5.31. The van der Waals surface area contributed by atoms with E-state index in [1.165, 1.54) is 27.6 Å². The molecule has 8 heteroatoms. The molecule has 0 aromatic carbocycles. The van der Waals surface area contributed by atoms with E-state index < -0.39 is 16.8 Å². The molecule has 0 bridgehead atoms. The maximum absolute atomic E-state index is 12.7. The summed E-state index contributed by atoms with van der Waals surface area (Å²) in [6, 6.07) is 0. The van der Waals surface area contributed by atoms with Gasteiger partial charge in [0, 0.05) is 25.5 Å². The number of nitrogens with zero attached hydrogens (tertiary/aromatic N) is 5. The topological polar surface area (TPSA) is 91.3 Å². The van der Waals surface area contributed by atoms with Crippen LogP contribution in [0.4, 0.5) is 0 Å².